The summed E-state index contributed by atoms with van der Waals surface area (Å²) >= 11 is 0. The second kappa shape index (κ2) is 4.90. The summed E-state index contributed by atoms with van der Waals surface area (Å²) < 4.78 is 14.1. The molecule has 0 unspecified atom stereocenters. The number of rotatable bonds is 2. The smallest absolute Gasteiger partial charge is 0.231 e. The minimum atomic E-state index is -0.281. The van der Waals surface area contributed by atoms with Gasteiger partial charge in [-0.1, -0.05) is 6.07 Å². The van der Waals surface area contributed by atoms with Gasteiger partial charge in [-0.15, -0.1) is 0 Å². The van der Waals surface area contributed by atoms with Crippen molar-refractivity contribution in [3.63, 3.8) is 0 Å². The van der Waals surface area contributed by atoms with Crippen LogP contribution in [-0.2, 0) is 17.8 Å². The lowest BCUT2D eigenvalue weighted by molar-refractivity contribution is -0.117. The predicted octanol–water partition coefficient (Wildman–Crippen LogP) is 0.750. The lowest BCUT2D eigenvalue weighted by Gasteiger charge is -2.27. The molecule has 1 N–H and O–H groups in total. The van der Waals surface area contributed by atoms with Crippen molar-refractivity contribution in [1.82, 2.24) is 10.2 Å². The Hall–Kier alpha value is -1.46. The summed E-state index contributed by atoms with van der Waals surface area (Å²) in [6, 6.07) is 3.54. The summed E-state index contributed by atoms with van der Waals surface area (Å²) in [5.74, 6) is -0.316. The average Bonchev–Trinajstić information content (AvgIpc) is 2.66. The van der Waals surface area contributed by atoms with E-state index in [2.05, 4.69) is 10.2 Å². The molecule has 5 heteroatoms. The molecule has 19 heavy (non-hydrogen) atoms. The summed E-state index contributed by atoms with van der Waals surface area (Å²) in [6.07, 6.45) is 0.318. The predicted molar refractivity (Wildman–Crippen MR) is 71.7 cm³/mol. The Morgan fingerprint density at radius 3 is 2.79 bits per heavy atom. The maximum atomic E-state index is 14.1. The highest BCUT2D eigenvalue weighted by Gasteiger charge is 2.28. The van der Waals surface area contributed by atoms with Gasteiger partial charge in [0.15, 0.2) is 0 Å². The van der Waals surface area contributed by atoms with E-state index in [-0.39, 0.29) is 11.7 Å². The number of halogens is 1. The molecule has 0 atom stereocenters. The topological polar surface area (TPSA) is 35.6 Å². The standard InChI is InChI=1S/C14H18FN3O/c1-17-13(19)8-11-6-10(7-12(15)14(11)17)9-18-4-2-16-3-5-18/h6-7,16H,2-5,8-9H2,1H3. The molecule has 2 aliphatic heterocycles. The molecule has 102 valence electrons. The lowest BCUT2D eigenvalue weighted by Crippen LogP contribution is -2.42. The SMILES string of the molecule is CN1C(=O)Cc2cc(CN3CCNCC3)cc(F)c21. The van der Waals surface area contributed by atoms with E-state index >= 15 is 0 Å². The number of nitrogens with zero attached hydrogens (tertiary/aromatic N) is 2. The molecule has 1 fully saturated rings. The van der Waals surface area contributed by atoms with Gasteiger partial charge in [0.1, 0.15) is 5.82 Å². The molecule has 1 aromatic rings. The lowest BCUT2D eigenvalue weighted by atomic mass is 10.1. The molecule has 0 bridgehead atoms. The molecule has 4 nitrogen and oxygen atoms in total. The van der Waals surface area contributed by atoms with Crippen molar-refractivity contribution in [3.8, 4) is 0 Å². The van der Waals surface area contributed by atoms with Crippen LogP contribution in [0.15, 0.2) is 12.1 Å². The van der Waals surface area contributed by atoms with Crippen LogP contribution in [0, 0.1) is 5.82 Å². The number of hydrogen-bond donors (Lipinski definition) is 1. The van der Waals surface area contributed by atoms with E-state index in [1.165, 1.54) is 4.90 Å². The quantitative estimate of drug-likeness (QED) is 0.855. The normalized spacial score (nSPS) is 19.9. The fraction of sp³-hybridized carbons (Fsp3) is 0.500. The number of amides is 1. The van der Waals surface area contributed by atoms with Gasteiger partial charge in [0.25, 0.3) is 0 Å². The van der Waals surface area contributed by atoms with Gasteiger partial charge in [0.05, 0.1) is 12.1 Å². The third kappa shape index (κ3) is 2.35. The Labute approximate surface area is 112 Å². The highest BCUT2D eigenvalue weighted by atomic mass is 19.1. The van der Waals surface area contributed by atoms with E-state index in [0.29, 0.717) is 12.1 Å². The number of carbonyl (C=O) groups is 1. The Bertz CT molecular complexity index is 512. The molecular formula is C14H18FN3O. The second-order valence-corrected chi connectivity index (χ2v) is 5.24. The first-order valence-corrected chi connectivity index (χ1v) is 6.66. The highest BCUT2D eigenvalue weighted by Crippen LogP contribution is 2.32. The Kier molecular flexibility index (Phi) is 3.24. The Morgan fingerprint density at radius 1 is 1.32 bits per heavy atom. The number of benzene rings is 1. The number of piperazine rings is 1. The van der Waals surface area contributed by atoms with E-state index in [0.717, 1.165) is 43.9 Å². The van der Waals surface area contributed by atoms with Crippen molar-refractivity contribution < 1.29 is 9.18 Å². The zero-order chi connectivity index (χ0) is 13.4. The van der Waals surface area contributed by atoms with Crippen molar-refractivity contribution >= 4 is 11.6 Å². The van der Waals surface area contributed by atoms with Crippen LogP contribution in [0.1, 0.15) is 11.1 Å². The highest BCUT2D eigenvalue weighted by molar-refractivity contribution is 6.01. The maximum absolute atomic E-state index is 14.1. The molecule has 0 radical (unpaired) electrons. The zero-order valence-corrected chi connectivity index (χ0v) is 11.1. The number of anilines is 1. The summed E-state index contributed by atoms with van der Waals surface area (Å²) in [5.41, 5.74) is 2.23. The largest absolute Gasteiger partial charge is 0.314 e. The van der Waals surface area contributed by atoms with Crippen LogP contribution in [0.2, 0.25) is 0 Å². The van der Waals surface area contributed by atoms with Crippen LogP contribution >= 0.6 is 0 Å². The fourth-order valence-electron chi connectivity index (χ4n) is 2.85. The minimum absolute atomic E-state index is 0.0341. The van der Waals surface area contributed by atoms with Crippen LogP contribution in [0.3, 0.4) is 0 Å². The molecule has 1 aromatic carbocycles. The number of hydrogen-bond acceptors (Lipinski definition) is 3. The molecule has 0 aliphatic carbocycles. The van der Waals surface area contributed by atoms with Gasteiger partial charge >= 0.3 is 0 Å². The van der Waals surface area contributed by atoms with Gasteiger partial charge in [-0.25, -0.2) is 4.39 Å². The van der Waals surface area contributed by atoms with Crippen LogP contribution < -0.4 is 10.2 Å². The molecule has 1 saturated heterocycles. The van der Waals surface area contributed by atoms with Gasteiger partial charge in [-0.2, -0.15) is 0 Å². The maximum Gasteiger partial charge on any atom is 0.231 e. The van der Waals surface area contributed by atoms with Gasteiger partial charge in [0, 0.05) is 39.8 Å². The number of nitrogens with one attached hydrogen (secondary N) is 1. The van der Waals surface area contributed by atoms with Gasteiger partial charge in [0.2, 0.25) is 5.91 Å². The summed E-state index contributed by atoms with van der Waals surface area (Å²) in [5, 5.41) is 3.30. The molecule has 0 spiro atoms. The van der Waals surface area contributed by atoms with E-state index in [4.69, 9.17) is 0 Å². The average molecular weight is 263 g/mol. The second-order valence-electron chi connectivity index (χ2n) is 5.24. The number of likely N-dealkylation sites (N-methyl/N-ethyl adjacent to an activating group) is 1. The van der Waals surface area contributed by atoms with Crippen molar-refractivity contribution in [1.29, 1.82) is 0 Å². The van der Waals surface area contributed by atoms with Crippen LogP contribution in [0.5, 0.6) is 0 Å². The summed E-state index contributed by atoms with van der Waals surface area (Å²) in [7, 11) is 1.63. The molecule has 2 heterocycles. The monoisotopic (exact) mass is 263 g/mol. The first-order chi connectivity index (χ1) is 9.15. The van der Waals surface area contributed by atoms with E-state index < -0.39 is 0 Å². The van der Waals surface area contributed by atoms with Gasteiger partial charge in [-0.3, -0.25) is 9.69 Å². The van der Waals surface area contributed by atoms with Crippen LogP contribution in [-0.4, -0.2) is 44.0 Å². The fourth-order valence-corrected chi connectivity index (χ4v) is 2.85. The van der Waals surface area contributed by atoms with Crippen LogP contribution in [0.4, 0.5) is 10.1 Å². The summed E-state index contributed by atoms with van der Waals surface area (Å²) in [6.45, 7) is 4.68. The third-order valence-corrected chi connectivity index (χ3v) is 3.87. The zero-order valence-electron chi connectivity index (χ0n) is 11.1. The molecule has 3 rings (SSSR count). The van der Waals surface area contributed by atoms with E-state index in [1.807, 2.05) is 6.07 Å². The van der Waals surface area contributed by atoms with Crippen LogP contribution in [0.25, 0.3) is 0 Å². The molecule has 1 amide bonds. The molecule has 0 saturated carbocycles. The Balaban J connectivity index is 1.83. The number of carbonyl (C=O) groups excluding carboxylic acids is 1. The van der Waals surface area contributed by atoms with E-state index in [1.54, 1.807) is 13.1 Å². The van der Waals surface area contributed by atoms with Crippen molar-refractivity contribution in [2.75, 3.05) is 38.1 Å². The first-order valence-electron chi connectivity index (χ1n) is 6.66. The first kappa shape index (κ1) is 12.6. The number of fused-ring (bicyclic) bond motifs is 1. The van der Waals surface area contributed by atoms with Gasteiger partial charge in [-0.05, 0) is 17.2 Å². The summed E-state index contributed by atoms with van der Waals surface area (Å²) in [4.78, 5) is 15.3. The van der Waals surface area contributed by atoms with E-state index in [9.17, 15) is 9.18 Å². The minimum Gasteiger partial charge on any atom is -0.314 e. The Morgan fingerprint density at radius 2 is 2.05 bits per heavy atom. The van der Waals surface area contributed by atoms with Crippen molar-refractivity contribution in [3.05, 3.63) is 29.1 Å². The molecule has 2 aliphatic rings. The van der Waals surface area contributed by atoms with Crippen molar-refractivity contribution in [2.45, 2.75) is 13.0 Å². The van der Waals surface area contributed by atoms with Crippen molar-refractivity contribution in [2.24, 2.45) is 0 Å². The third-order valence-electron chi connectivity index (χ3n) is 3.87. The molecule has 0 aromatic heterocycles. The molecular weight excluding hydrogens is 245 g/mol. The van der Waals surface area contributed by atoms with Gasteiger partial charge < -0.3 is 10.2 Å².